The Bertz CT molecular complexity index is 1070. The number of rotatable bonds is 7. The fourth-order valence-electron chi connectivity index (χ4n) is 2.85. The standard InChI is InChI=1S/C25H21FN2O2/c1-18(20-7-3-2-4-8-20)28-25(29)22(16-27)15-19-11-13-23(14-12-19)30-17-21-9-5-6-10-24(21)26/h2-15,18H,17H2,1H3,(H,28,29). The molecule has 1 amide bonds. The quantitative estimate of drug-likeness (QED) is 0.439. The van der Waals surface area contributed by atoms with Gasteiger partial charge >= 0.3 is 0 Å². The smallest absolute Gasteiger partial charge is 0.262 e. The molecule has 0 aliphatic rings. The van der Waals surface area contributed by atoms with E-state index >= 15 is 0 Å². The van der Waals surface area contributed by atoms with Crippen molar-refractivity contribution >= 4 is 12.0 Å². The van der Waals surface area contributed by atoms with Gasteiger partial charge in [0.2, 0.25) is 0 Å². The second-order valence-corrected chi connectivity index (χ2v) is 6.72. The fraction of sp³-hybridized carbons (Fsp3) is 0.120. The van der Waals surface area contributed by atoms with Crippen molar-refractivity contribution in [3.05, 3.63) is 107 Å². The number of nitrogens with zero attached hydrogens (tertiary/aromatic N) is 1. The number of hydrogen-bond acceptors (Lipinski definition) is 3. The van der Waals surface area contributed by atoms with Crippen LogP contribution in [0.2, 0.25) is 0 Å². The first-order valence-electron chi connectivity index (χ1n) is 9.50. The Kier molecular flexibility index (Phi) is 6.96. The minimum absolute atomic E-state index is 0.0119. The highest BCUT2D eigenvalue weighted by Crippen LogP contribution is 2.18. The Balaban J connectivity index is 1.63. The van der Waals surface area contributed by atoms with Crippen molar-refractivity contribution in [1.82, 2.24) is 5.32 Å². The molecule has 3 aromatic carbocycles. The highest BCUT2D eigenvalue weighted by atomic mass is 19.1. The van der Waals surface area contributed by atoms with Gasteiger partial charge in [-0.25, -0.2) is 4.39 Å². The highest BCUT2D eigenvalue weighted by Gasteiger charge is 2.13. The van der Waals surface area contributed by atoms with Crippen molar-refractivity contribution in [1.29, 1.82) is 5.26 Å². The summed E-state index contributed by atoms with van der Waals surface area (Å²) in [6, 6.07) is 24.6. The highest BCUT2D eigenvalue weighted by molar-refractivity contribution is 6.01. The van der Waals surface area contributed by atoms with Gasteiger partial charge in [0, 0.05) is 5.56 Å². The summed E-state index contributed by atoms with van der Waals surface area (Å²) in [5, 5.41) is 12.2. The lowest BCUT2D eigenvalue weighted by atomic mass is 10.1. The molecule has 150 valence electrons. The van der Waals surface area contributed by atoms with Crippen LogP contribution in [0.25, 0.3) is 6.08 Å². The molecule has 1 atom stereocenters. The summed E-state index contributed by atoms with van der Waals surface area (Å²) >= 11 is 0. The van der Waals surface area contributed by atoms with Crippen molar-refractivity contribution in [2.45, 2.75) is 19.6 Å². The summed E-state index contributed by atoms with van der Waals surface area (Å²) in [7, 11) is 0. The van der Waals surface area contributed by atoms with Crippen LogP contribution in [0.15, 0.2) is 84.4 Å². The van der Waals surface area contributed by atoms with Crippen molar-refractivity contribution in [3.8, 4) is 11.8 Å². The van der Waals surface area contributed by atoms with Crippen LogP contribution in [0.4, 0.5) is 4.39 Å². The van der Waals surface area contributed by atoms with E-state index in [0.717, 1.165) is 5.56 Å². The van der Waals surface area contributed by atoms with Gasteiger partial charge in [-0.05, 0) is 42.3 Å². The van der Waals surface area contributed by atoms with Crippen molar-refractivity contribution < 1.29 is 13.9 Å². The minimum Gasteiger partial charge on any atom is -0.489 e. The fourth-order valence-corrected chi connectivity index (χ4v) is 2.85. The lowest BCUT2D eigenvalue weighted by Crippen LogP contribution is -2.27. The van der Waals surface area contributed by atoms with Crippen LogP contribution in [0, 0.1) is 17.1 Å². The molecule has 0 radical (unpaired) electrons. The topological polar surface area (TPSA) is 62.1 Å². The van der Waals surface area contributed by atoms with Crippen LogP contribution < -0.4 is 10.1 Å². The van der Waals surface area contributed by atoms with E-state index in [1.165, 1.54) is 12.1 Å². The molecule has 0 saturated heterocycles. The maximum absolute atomic E-state index is 13.7. The number of nitriles is 1. The van der Waals surface area contributed by atoms with E-state index in [4.69, 9.17) is 4.74 Å². The molecule has 0 aliphatic carbocycles. The molecule has 1 N–H and O–H groups in total. The van der Waals surface area contributed by atoms with E-state index in [1.54, 1.807) is 42.5 Å². The monoisotopic (exact) mass is 400 g/mol. The molecule has 4 nitrogen and oxygen atoms in total. The maximum atomic E-state index is 13.7. The molecule has 30 heavy (non-hydrogen) atoms. The van der Waals surface area contributed by atoms with E-state index in [0.29, 0.717) is 16.9 Å². The van der Waals surface area contributed by atoms with Crippen molar-refractivity contribution in [2.75, 3.05) is 0 Å². The molecule has 0 saturated carbocycles. The van der Waals surface area contributed by atoms with Gasteiger partial charge in [-0.2, -0.15) is 5.26 Å². The number of halogens is 1. The summed E-state index contributed by atoms with van der Waals surface area (Å²) in [5.41, 5.74) is 2.13. The molecule has 0 bridgehead atoms. The molecule has 0 fully saturated rings. The van der Waals surface area contributed by atoms with Crippen molar-refractivity contribution in [3.63, 3.8) is 0 Å². The van der Waals surface area contributed by atoms with E-state index in [2.05, 4.69) is 5.32 Å². The molecule has 0 aliphatic heterocycles. The van der Waals surface area contributed by atoms with Gasteiger partial charge in [-0.15, -0.1) is 0 Å². The van der Waals surface area contributed by atoms with E-state index in [9.17, 15) is 14.4 Å². The number of amides is 1. The third-order valence-electron chi connectivity index (χ3n) is 4.56. The van der Waals surface area contributed by atoms with E-state index in [-0.39, 0.29) is 24.0 Å². The summed E-state index contributed by atoms with van der Waals surface area (Å²) in [5.74, 6) is -0.184. The average molecular weight is 400 g/mol. The third kappa shape index (κ3) is 5.55. The molecule has 5 heteroatoms. The van der Waals surface area contributed by atoms with Gasteiger partial charge in [-0.1, -0.05) is 60.7 Å². The number of ether oxygens (including phenoxy) is 1. The first-order valence-corrected chi connectivity index (χ1v) is 9.50. The van der Waals surface area contributed by atoms with Gasteiger partial charge in [-0.3, -0.25) is 4.79 Å². The van der Waals surface area contributed by atoms with E-state index < -0.39 is 5.91 Å². The van der Waals surface area contributed by atoms with Gasteiger partial charge in [0.05, 0.1) is 6.04 Å². The predicted octanol–water partition coefficient (Wildman–Crippen LogP) is 5.19. The molecular weight excluding hydrogens is 379 g/mol. The molecule has 0 aromatic heterocycles. The average Bonchev–Trinajstić information content (AvgIpc) is 2.78. The first-order chi connectivity index (χ1) is 14.6. The SMILES string of the molecule is CC(NC(=O)C(C#N)=Cc1ccc(OCc2ccccc2F)cc1)c1ccccc1. The zero-order valence-corrected chi connectivity index (χ0v) is 16.5. The van der Waals surface area contributed by atoms with Crippen LogP contribution >= 0.6 is 0 Å². The summed E-state index contributed by atoms with van der Waals surface area (Å²) < 4.78 is 19.3. The van der Waals surface area contributed by atoms with Gasteiger partial charge < -0.3 is 10.1 Å². The van der Waals surface area contributed by atoms with Crippen LogP contribution in [0.1, 0.15) is 29.7 Å². The Morgan fingerprint density at radius 1 is 1.07 bits per heavy atom. The van der Waals surface area contributed by atoms with Gasteiger partial charge in [0.1, 0.15) is 29.8 Å². The Labute approximate surface area is 175 Å². The van der Waals surface area contributed by atoms with Crippen LogP contribution in [-0.2, 0) is 11.4 Å². The maximum Gasteiger partial charge on any atom is 0.262 e. The number of hydrogen-bond donors (Lipinski definition) is 1. The molecule has 0 heterocycles. The van der Waals surface area contributed by atoms with Crippen molar-refractivity contribution in [2.24, 2.45) is 0 Å². The summed E-state index contributed by atoms with van der Waals surface area (Å²) in [6.07, 6.45) is 1.52. The Morgan fingerprint density at radius 2 is 1.73 bits per heavy atom. The van der Waals surface area contributed by atoms with Crippen LogP contribution in [-0.4, -0.2) is 5.91 Å². The van der Waals surface area contributed by atoms with Gasteiger partial charge in [0.15, 0.2) is 0 Å². The van der Waals surface area contributed by atoms with Gasteiger partial charge in [0.25, 0.3) is 5.91 Å². The molecule has 0 spiro atoms. The zero-order valence-electron chi connectivity index (χ0n) is 16.5. The predicted molar refractivity (Wildman–Crippen MR) is 114 cm³/mol. The lowest BCUT2D eigenvalue weighted by molar-refractivity contribution is -0.117. The van der Waals surface area contributed by atoms with Crippen LogP contribution in [0.3, 0.4) is 0 Å². The number of carbonyl (C=O) groups excluding carboxylic acids is 1. The summed E-state index contributed by atoms with van der Waals surface area (Å²) in [4.78, 5) is 12.5. The second kappa shape index (κ2) is 10.0. The number of nitrogens with one attached hydrogen (secondary N) is 1. The first kappa shape index (κ1) is 20.8. The normalized spacial score (nSPS) is 12.0. The second-order valence-electron chi connectivity index (χ2n) is 6.72. The Hall–Kier alpha value is -3.91. The third-order valence-corrected chi connectivity index (χ3v) is 4.56. The zero-order chi connectivity index (χ0) is 21.3. The molecule has 3 aromatic rings. The van der Waals surface area contributed by atoms with Crippen LogP contribution in [0.5, 0.6) is 5.75 Å². The molecule has 1 unspecified atom stereocenters. The molecular formula is C25H21FN2O2. The molecule has 3 rings (SSSR count). The number of carbonyl (C=O) groups is 1. The number of benzene rings is 3. The lowest BCUT2D eigenvalue weighted by Gasteiger charge is -2.13. The summed E-state index contributed by atoms with van der Waals surface area (Å²) in [6.45, 7) is 1.98. The largest absolute Gasteiger partial charge is 0.489 e. The Morgan fingerprint density at radius 3 is 2.40 bits per heavy atom. The minimum atomic E-state index is -0.436. The van der Waals surface area contributed by atoms with E-state index in [1.807, 2.05) is 43.3 Å².